The maximum atomic E-state index is 13.6. The van der Waals surface area contributed by atoms with Crippen molar-refractivity contribution in [3.63, 3.8) is 0 Å². The Morgan fingerprint density at radius 2 is 1.83 bits per heavy atom. The van der Waals surface area contributed by atoms with Gasteiger partial charge in [0.25, 0.3) is 0 Å². The van der Waals surface area contributed by atoms with Crippen LogP contribution in [-0.4, -0.2) is 28.7 Å². The topological polar surface area (TPSA) is 54.8 Å². The summed E-state index contributed by atoms with van der Waals surface area (Å²) >= 11 is 0. The molecule has 3 aliphatic carbocycles. The summed E-state index contributed by atoms with van der Waals surface area (Å²) in [6, 6.07) is 4.12. The first-order chi connectivity index (χ1) is 14.3. The normalized spacial score (nSPS) is 28.8. The third-order valence-electron chi connectivity index (χ3n) is 6.44. The van der Waals surface area contributed by atoms with Crippen molar-refractivity contribution in [3.05, 3.63) is 59.2 Å². The lowest BCUT2D eigenvalue weighted by Crippen LogP contribution is -2.69. The molecule has 2 bridgehead atoms. The van der Waals surface area contributed by atoms with Crippen molar-refractivity contribution in [1.29, 1.82) is 0 Å². The van der Waals surface area contributed by atoms with Crippen molar-refractivity contribution in [2.45, 2.75) is 38.6 Å². The van der Waals surface area contributed by atoms with Crippen molar-refractivity contribution in [2.24, 2.45) is 15.9 Å². The number of rotatable bonds is 5. The van der Waals surface area contributed by atoms with E-state index in [4.69, 9.17) is 4.74 Å². The second kappa shape index (κ2) is 6.55. The Labute approximate surface area is 171 Å². The van der Waals surface area contributed by atoms with Gasteiger partial charge in [0.15, 0.2) is 0 Å². The van der Waals surface area contributed by atoms with Crippen LogP contribution in [0.4, 0.5) is 13.2 Å². The summed E-state index contributed by atoms with van der Waals surface area (Å²) in [6.07, 6.45) is 5.17. The van der Waals surface area contributed by atoms with E-state index in [1.54, 1.807) is 13.1 Å². The number of pyridine rings is 1. The van der Waals surface area contributed by atoms with E-state index in [-0.39, 0.29) is 11.3 Å². The predicted octanol–water partition coefficient (Wildman–Crippen LogP) is 4.32. The summed E-state index contributed by atoms with van der Waals surface area (Å²) < 4.78 is 46.4. The van der Waals surface area contributed by atoms with Crippen LogP contribution in [0.3, 0.4) is 0 Å². The molecule has 1 amide bonds. The van der Waals surface area contributed by atoms with Gasteiger partial charge in [0.1, 0.15) is 23.2 Å². The summed E-state index contributed by atoms with van der Waals surface area (Å²) in [5, 5.41) is 5.57. The molecule has 8 heteroatoms. The summed E-state index contributed by atoms with van der Waals surface area (Å²) in [6.45, 7) is 2.15. The highest BCUT2D eigenvalue weighted by Crippen LogP contribution is 2.74. The maximum absolute atomic E-state index is 13.6. The molecule has 2 aromatic rings. The highest BCUT2D eigenvalue weighted by Gasteiger charge is 2.72. The fourth-order valence-corrected chi connectivity index (χ4v) is 5.14. The number of hydrogen-bond acceptors (Lipinski definition) is 4. The Balaban J connectivity index is 1.24. The lowest BCUT2D eigenvalue weighted by Gasteiger charge is -2.69. The third kappa shape index (κ3) is 2.97. The van der Waals surface area contributed by atoms with E-state index in [2.05, 4.69) is 10.1 Å². The van der Waals surface area contributed by atoms with Crippen LogP contribution in [0.2, 0.25) is 0 Å². The number of hydrogen-bond donors (Lipinski definition) is 0. The smallest absolute Gasteiger partial charge is 0.249 e. The van der Waals surface area contributed by atoms with E-state index in [0.717, 1.165) is 12.3 Å². The molecule has 1 aromatic heterocycles. The largest absolute Gasteiger partial charge is 0.491 e. The van der Waals surface area contributed by atoms with Crippen molar-refractivity contribution in [2.75, 3.05) is 6.61 Å². The molecule has 0 radical (unpaired) electrons. The van der Waals surface area contributed by atoms with Crippen LogP contribution in [0, 0.1) is 35.2 Å². The number of aryl methyl sites for hydroxylation is 1. The summed E-state index contributed by atoms with van der Waals surface area (Å²) in [5.41, 5.74) is 0.422. The number of amides is 1. The fourth-order valence-electron chi connectivity index (χ4n) is 5.14. The Hall–Kier alpha value is -2.90. The Morgan fingerprint density at radius 1 is 1.13 bits per heavy atom. The zero-order chi connectivity index (χ0) is 21.1. The first-order valence-corrected chi connectivity index (χ1v) is 9.86. The van der Waals surface area contributed by atoms with Gasteiger partial charge in [0.05, 0.1) is 30.0 Å². The lowest BCUT2D eigenvalue weighted by molar-refractivity contribution is -0.227. The van der Waals surface area contributed by atoms with Crippen molar-refractivity contribution < 1.29 is 22.7 Å². The number of nitrogens with zero attached hydrogens (tertiary/aromatic N) is 3. The number of halogens is 3. The SMILES string of the molecule is Cc1ncc(F)cc1OCC12CC(C(=O)N3N=CCC3c3cc(F)cc(F)c3)(C1)C2. The van der Waals surface area contributed by atoms with Gasteiger partial charge in [-0.15, -0.1) is 0 Å². The number of ether oxygens (including phenoxy) is 1. The van der Waals surface area contributed by atoms with E-state index in [1.165, 1.54) is 23.2 Å². The van der Waals surface area contributed by atoms with Crippen LogP contribution in [0.15, 0.2) is 35.6 Å². The monoisotopic (exact) mass is 415 g/mol. The fraction of sp³-hybridized carbons (Fsp3) is 0.409. The Bertz CT molecular complexity index is 1030. The predicted molar refractivity (Wildman–Crippen MR) is 102 cm³/mol. The lowest BCUT2D eigenvalue weighted by atomic mass is 9.35. The summed E-state index contributed by atoms with van der Waals surface area (Å²) in [7, 11) is 0. The van der Waals surface area contributed by atoms with Crippen LogP contribution in [0.5, 0.6) is 5.75 Å². The molecule has 0 N–H and O–H groups in total. The first kappa shape index (κ1) is 19.1. The van der Waals surface area contributed by atoms with Crippen LogP contribution in [0.25, 0.3) is 0 Å². The number of hydrazone groups is 1. The van der Waals surface area contributed by atoms with E-state index >= 15 is 0 Å². The highest BCUT2D eigenvalue weighted by molar-refractivity contribution is 5.88. The molecule has 4 aliphatic rings. The molecule has 6 rings (SSSR count). The Morgan fingerprint density at radius 3 is 2.53 bits per heavy atom. The minimum absolute atomic E-state index is 0.0989. The summed E-state index contributed by atoms with van der Waals surface area (Å²) in [5.74, 6) is -1.50. The average Bonchev–Trinajstić information content (AvgIpc) is 3.11. The van der Waals surface area contributed by atoms with Crippen molar-refractivity contribution in [1.82, 2.24) is 9.99 Å². The van der Waals surface area contributed by atoms with Crippen molar-refractivity contribution >= 4 is 12.1 Å². The zero-order valence-corrected chi connectivity index (χ0v) is 16.4. The number of benzene rings is 1. The van der Waals surface area contributed by atoms with Gasteiger partial charge >= 0.3 is 0 Å². The van der Waals surface area contributed by atoms with Gasteiger partial charge in [-0.3, -0.25) is 9.78 Å². The van der Waals surface area contributed by atoms with Crippen LogP contribution < -0.4 is 4.74 Å². The molecule has 2 heterocycles. The standard InChI is InChI=1S/C22H20F3N3O2/c1-13-19(7-17(25)8-26-13)30-12-21-9-22(10-21,11-21)20(29)28-18(2-3-27-28)14-4-15(23)6-16(24)5-14/h3-8,18H,2,9-12H2,1H3. The van der Waals surface area contributed by atoms with Gasteiger partial charge in [-0.25, -0.2) is 18.2 Å². The van der Waals surface area contributed by atoms with E-state index in [1.807, 2.05) is 0 Å². The van der Waals surface area contributed by atoms with E-state index in [0.29, 0.717) is 49.3 Å². The van der Waals surface area contributed by atoms with Gasteiger partial charge in [0, 0.05) is 30.2 Å². The molecule has 1 unspecified atom stereocenters. The van der Waals surface area contributed by atoms with E-state index in [9.17, 15) is 18.0 Å². The number of carbonyl (C=O) groups is 1. The van der Waals surface area contributed by atoms with E-state index < -0.39 is 28.9 Å². The minimum Gasteiger partial charge on any atom is -0.491 e. The molecule has 30 heavy (non-hydrogen) atoms. The summed E-state index contributed by atoms with van der Waals surface area (Å²) in [4.78, 5) is 17.1. The van der Waals surface area contributed by atoms with Crippen LogP contribution in [-0.2, 0) is 4.79 Å². The second-order valence-electron chi connectivity index (χ2n) is 8.74. The molecule has 0 spiro atoms. The van der Waals surface area contributed by atoms with Gasteiger partial charge < -0.3 is 4.74 Å². The highest BCUT2D eigenvalue weighted by atomic mass is 19.1. The van der Waals surface area contributed by atoms with Crippen molar-refractivity contribution in [3.8, 4) is 5.75 Å². The van der Waals surface area contributed by atoms with Gasteiger partial charge in [0.2, 0.25) is 5.91 Å². The second-order valence-corrected chi connectivity index (χ2v) is 8.74. The molecule has 1 aliphatic heterocycles. The zero-order valence-electron chi connectivity index (χ0n) is 16.4. The number of carbonyl (C=O) groups excluding carboxylic acids is 1. The molecule has 0 saturated heterocycles. The van der Waals surface area contributed by atoms with Gasteiger partial charge in [-0.05, 0) is 43.9 Å². The first-order valence-electron chi connectivity index (χ1n) is 9.86. The third-order valence-corrected chi connectivity index (χ3v) is 6.44. The molecule has 1 aromatic carbocycles. The average molecular weight is 415 g/mol. The Kier molecular flexibility index (Phi) is 4.17. The molecule has 3 fully saturated rings. The number of aromatic nitrogens is 1. The molecule has 156 valence electrons. The minimum atomic E-state index is -0.673. The quantitative estimate of drug-likeness (QED) is 0.731. The van der Waals surface area contributed by atoms with Crippen LogP contribution >= 0.6 is 0 Å². The maximum Gasteiger partial charge on any atom is 0.249 e. The van der Waals surface area contributed by atoms with Crippen LogP contribution in [0.1, 0.15) is 43.0 Å². The molecule has 1 atom stereocenters. The van der Waals surface area contributed by atoms with Gasteiger partial charge in [-0.1, -0.05) is 0 Å². The molecular weight excluding hydrogens is 395 g/mol. The van der Waals surface area contributed by atoms with Gasteiger partial charge in [-0.2, -0.15) is 5.10 Å². The molecular formula is C22H20F3N3O2. The molecule has 5 nitrogen and oxygen atoms in total. The molecule has 3 saturated carbocycles.